The summed E-state index contributed by atoms with van der Waals surface area (Å²) in [5.41, 5.74) is 2.90. The third-order valence-electron chi connectivity index (χ3n) is 10.2. The zero-order valence-corrected chi connectivity index (χ0v) is 24.0. The Morgan fingerprint density at radius 2 is 1.65 bits per heavy atom. The fraction of sp³-hybridized carbons (Fsp3) is 0.594. The molecule has 1 aliphatic carbocycles. The Kier molecular flexibility index (Phi) is 8.53. The number of quaternary nitrogens is 1. The Labute approximate surface area is 233 Å². The molecule has 1 saturated carbocycles. The number of carbonyl (C=O) groups is 1. The molecule has 4 aliphatic rings. The molecule has 3 heterocycles. The number of amides is 1. The van der Waals surface area contributed by atoms with Gasteiger partial charge in [-0.25, -0.2) is 0 Å². The molecule has 0 N–H and O–H groups in total. The van der Waals surface area contributed by atoms with Crippen molar-refractivity contribution in [2.24, 2.45) is 11.3 Å². The van der Waals surface area contributed by atoms with Crippen molar-refractivity contribution in [3.05, 3.63) is 69.7 Å². The fourth-order valence-electron chi connectivity index (χ4n) is 7.65. The van der Waals surface area contributed by atoms with Crippen LogP contribution in [0.1, 0.15) is 74.8 Å². The first kappa shape index (κ1) is 27.0. The molecular formula is C32H43Cl2N2O+. The van der Waals surface area contributed by atoms with Gasteiger partial charge in [0.25, 0.3) is 0 Å². The lowest BCUT2D eigenvalue weighted by Crippen LogP contribution is -2.63. The summed E-state index contributed by atoms with van der Waals surface area (Å²) >= 11 is 12.7. The first-order valence-corrected chi connectivity index (χ1v) is 15.2. The second kappa shape index (κ2) is 11.7. The molecule has 2 aromatic rings. The van der Waals surface area contributed by atoms with Crippen LogP contribution < -0.4 is 0 Å². The monoisotopic (exact) mass is 541 g/mol. The number of carbonyl (C=O) groups excluding carboxylic acids is 1. The lowest BCUT2D eigenvalue weighted by Gasteiger charge is -2.58. The second-order valence-electron chi connectivity index (χ2n) is 12.3. The summed E-state index contributed by atoms with van der Waals surface area (Å²) in [5.74, 6) is 1.40. The number of halogens is 2. The standard InChI is InChI=1S/C32H43Cl2N2O/c1-35(31(37)22-25-8-4-2-5-9-25)24-27(26-12-13-29(33)30(34)23-26)14-18-36-19-15-32(16-20-36,17-21-36)28-10-6-3-7-11-28/h2,4-5,8-9,12-13,23,27-28H,3,6-7,10-11,14-22,24H2,1H3/q+1. The minimum Gasteiger partial charge on any atom is -0.345 e. The maximum atomic E-state index is 13.1. The number of likely N-dealkylation sites (N-methyl/N-ethyl adjacent to an activating group) is 1. The van der Waals surface area contributed by atoms with Gasteiger partial charge < -0.3 is 9.38 Å². The Morgan fingerprint density at radius 3 is 2.30 bits per heavy atom. The SMILES string of the molecule is CN(CC(CC[N+]12CCC(C3CCCCC3)(CC1)CC2)c1ccc(Cl)c(Cl)c1)C(=O)Cc1ccccc1. The summed E-state index contributed by atoms with van der Waals surface area (Å²) < 4.78 is 1.27. The molecule has 1 atom stereocenters. The zero-order chi connectivity index (χ0) is 25.9. The lowest BCUT2D eigenvalue weighted by atomic mass is 9.59. The number of fused-ring (bicyclic) bond motifs is 3. The van der Waals surface area contributed by atoms with Crippen LogP contribution in [-0.4, -0.2) is 55.1 Å². The van der Waals surface area contributed by atoms with Crippen LogP contribution in [0.3, 0.4) is 0 Å². The van der Waals surface area contributed by atoms with Crippen LogP contribution in [0.25, 0.3) is 0 Å². The Bertz CT molecular complexity index is 1040. The van der Waals surface area contributed by atoms with Gasteiger partial charge in [-0.3, -0.25) is 4.79 Å². The van der Waals surface area contributed by atoms with Crippen LogP contribution in [0.2, 0.25) is 10.0 Å². The van der Waals surface area contributed by atoms with Gasteiger partial charge in [-0.1, -0.05) is 78.9 Å². The Morgan fingerprint density at radius 1 is 0.973 bits per heavy atom. The maximum Gasteiger partial charge on any atom is 0.226 e. The van der Waals surface area contributed by atoms with E-state index < -0.39 is 0 Å². The molecule has 3 nitrogen and oxygen atoms in total. The molecule has 0 spiro atoms. The van der Waals surface area contributed by atoms with Crippen molar-refractivity contribution in [1.82, 2.24) is 4.90 Å². The molecule has 0 aromatic heterocycles. The third-order valence-corrected chi connectivity index (χ3v) is 10.9. The van der Waals surface area contributed by atoms with Crippen LogP contribution >= 0.6 is 23.2 Å². The largest absolute Gasteiger partial charge is 0.345 e. The number of nitrogens with zero attached hydrogens (tertiary/aromatic N) is 2. The fourth-order valence-corrected chi connectivity index (χ4v) is 7.96. The van der Waals surface area contributed by atoms with Crippen molar-refractivity contribution in [2.45, 2.75) is 70.1 Å². The van der Waals surface area contributed by atoms with Gasteiger partial charge >= 0.3 is 0 Å². The zero-order valence-electron chi connectivity index (χ0n) is 22.4. The molecule has 2 bridgehead atoms. The molecule has 0 radical (unpaired) electrons. The van der Waals surface area contributed by atoms with Gasteiger partial charge in [0.15, 0.2) is 0 Å². The predicted octanol–water partition coefficient (Wildman–Crippen LogP) is 7.75. The highest BCUT2D eigenvalue weighted by Crippen LogP contribution is 2.53. The molecule has 4 fully saturated rings. The highest BCUT2D eigenvalue weighted by Gasteiger charge is 2.52. The number of benzene rings is 2. The number of piperidine rings is 3. The molecule has 2 aromatic carbocycles. The molecule has 3 aliphatic heterocycles. The summed E-state index contributed by atoms with van der Waals surface area (Å²) in [5, 5.41) is 1.19. The molecule has 5 heteroatoms. The van der Waals surface area contributed by atoms with E-state index in [1.807, 2.05) is 54.4 Å². The van der Waals surface area contributed by atoms with Gasteiger partial charge in [0.2, 0.25) is 5.91 Å². The lowest BCUT2D eigenvalue weighted by molar-refractivity contribution is -0.946. The van der Waals surface area contributed by atoms with Crippen LogP contribution in [0.4, 0.5) is 0 Å². The minimum absolute atomic E-state index is 0.163. The van der Waals surface area contributed by atoms with Crippen LogP contribution in [0, 0.1) is 11.3 Å². The van der Waals surface area contributed by atoms with E-state index in [2.05, 4.69) is 6.07 Å². The van der Waals surface area contributed by atoms with E-state index in [0.717, 1.165) is 17.9 Å². The Balaban J connectivity index is 1.25. The van der Waals surface area contributed by atoms with E-state index in [-0.39, 0.29) is 11.8 Å². The van der Waals surface area contributed by atoms with Crippen molar-refractivity contribution < 1.29 is 9.28 Å². The Hall–Kier alpha value is -1.55. The van der Waals surface area contributed by atoms with Gasteiger partial charge in [-0.05, 0) is 47.4 Å². The summed E-state index contributed by atoms with van der Waals surface area (Å²) in [6.07, 6.45) is 13.1. The highest BCUT2D eigenvalue weighted by molar-refractivity contribution is 6.42. The van der Waals surface area contributed by atoms with Gasteiger partial charge in [-0.2, -0.15) is 0 Å². The smallest absolute Gasteiger partial charge is 0.226 e. The average molecular weight is 543 g/mol. The number of hydrogen-bond acceptors (Lipinski definition) is 1. The first-order chi connectivity index (χ1) is 17.9. The van der Waals surface area contributed by atoms with Crippen molar-refractivity contribution in [2.75, 3.05) is 39.8 Å². The van der Waals surface area contributed by atoms with Crippen molar-refractivity contribution in [3.8, 4) is 0 Å². The quantitative estimate of drug-likeness (QED) is 0.297. The molecule has 1 unspecified atom stereocenters. The normalized spacial score (nSPS) is 26.7. The summed E-state index contributed by atoms with van der Waals surface area (Å²) in [6, 6.07) is 16.1. The second-order valence-corrected chi connectivity index (χ2v) is 13.1. The summed E-state index contributed by atoms with van der Waals surface area (Å²) in [6.45, 7) is 5.91. The third kappa shape index (κ3) is 6.21. The van der Waals surface area contributed by atoms with Crippen LogP contribution in [-0.2, 0) is 11.2 Å². The van der Waals surface area contributed by atoms with E-state index >= 15 is 0 Å². The van der Waals surface area contributed by atoms with E-state index in [4.69, 9.17) is 23.2 Å². The van der Waals surface area contributed by atoms with E-state index in [0.29, 0.717) is 28.4 Å². The van der Waals surface area contributed by atoms with Gasteiger partial charge in [-0.15, -0.1) is 0 Å². The van der Waals surface area contributed by atoms with Crippen molar-refractivity contribution in [3.63, 3.8) is 0 Å². The molecular weight excluding hydrogens is 499 g/mol. The van der Waals surface area contributed by atoms with E-state index in [1.54, 1.807) is 0 Å². The maximum absolute atomic E-state index is 13.1. The molecule has 200 valence electrons. The van der Waals surface area contributed by atoms with E-state index in [9.17, 15) is 4.79 Å². The topological polar surface area (TPSA) is 20.3 Å². The molecule has 3 saturated heterocycles. The number of hydrogen-bond donors (Lipinski definition) is 0. The number of rotatable bonds is 9. The van der Waals surface area contributed by atoms with Crippen molar-refractivity contribution in [1.29, 1.82) is 0 Å². The predicted molar refractivity (Wildman–Crippen MR) is 154 cm³/mol. The van der Waals surface area contributed by atoms with Gasteiger partial charge in [0.1, 0.15) is 0 Å². The highest BCUT2D eigenvalue weighted by atomic mass is 35.5. The summed E-state index contributed by atoms with van der Waals surface area (Å²) in [7, 11) is 1.95. The summed E-state index contributed by atoms with van der Waals surface area (Å²) in [4.78, 5) is 15.0. The average Bonchev–Trinajstić information content (AvgIpc) is 2.94. The van der Waals surface area contributed by atoms with Crippen LogP contribution in [0.15, 0.2) is 48.5 Å². The molecule has 1 amide bonds. The minimum atomic E-state index is 0.163. The first-order valence-electron chi connectivity index (χ1n) is 14.5. The van der Waals surface area contributed by atoms with Gasteiger partial charge in [0.05, 0.1) is 42.6 Å². The van der Waals surface area contributed by atoms with Crippen molar-refractivity contribution >= 4 is 29.1 Å². The van der Waals surface area contributed by atoms with Crippen LogP contribution in [0.5, 0.6) is 0 Å². The molecule has 6 rings (SSSR count). The van der Waals surface area contributed by atoms with E-state index in [1.165, 1.54) is 87.6 Å². The van der Waals surface area contributed by atoms with Gasteiger partial charge in [0, 0.05) is 45.2 Å². The molecule has 37 heavy (non-hydrogen) atoms.